The molecule has 4 atom stereocenters. The van der Waals surface area contributed by atoms with E-state index in [1.807, 2.05) is 0 Å². The highest BCUT2D eigenvalue weighted by molar-refractivity contribution is 7.80. The molecule has 2 fully saturated rings. The fourth-order valence-corrected chi connectivity index (χ4v) is 5.22. The first-order chi connectivity index (χ1) is 15.4. The van der Waals surface area contributed by atoms with Crippen LogP contribution in [0.5, 0.6) is 11.5 Å². The summed E-state index contributed by atoms with van der Waals surface area (Å²) in [4.78, 5) is 30.4. The van der Waals surface area contributed by atoms with Gasteiger partial charge in [0.1, 0.15) is 0 Å². The van der Waals surface area contributed by atoms with Crippen LogP contribution in [-0.4, -0.2) is 57.0 Å². The molecule has 1 aromatic carbocycles. The maximum Gasteiger partial charge on any atom is 0.292 e. The van der Waals surface area contributed by atoms with Crippen molar-refractivity contribution in [1.29, 1.82) is 5.26 Å². The normalized spacial score (nSPS) is 32.3. The first kappa shape index (κ1) is 23.2. The molecular weight excluding hydrogens is 466 g/mol. The monoisotopic (exact) mass is 489 g/mol. The van der Waals surface area contributed by atoms with E-state index in [1.54, 1.807) is 25.1 Å². The molecule has 4 rings (SSSR count). The van der Waals surface area contributed by atoms with E-state index in [0.717, 1.165) is 0 Å². The molecule has 0 N–H and O–H groups in total. The fourth-order valence-electron chi connectivity index (χ4n) is 4.92. The summed E-state index contributed by atoms with van der Waals surface area (Å²) in [7, 11) is 1.44. The lowest BCUT2D eigenvalue weighted by atomic mass is 9.79. The lowest BCUT2D eigenvalue weighted by Crippen LogP contribution is -2.75. The number of thiocarbonyl (C=S) groups is 2. The number of nitriles is 1. The molecule has 0 spiro atoms. The lowest BCUT2D eigenvalue weighted by molar-refractivity contribution is -0.219. The average molecular weight is 490 g/mol. The molecule has 0 bridgehead atoms. The third-order valence-corrected chi connectivity index (χ3v) is 6.54. The number of benzene rings is 1. The van der Waals surface area contributed by atoms with E-state index in [9.17, 15) is 14.9 Å². The summed E-state index contributed by atoms with van der Waals surface area (Å²) in [5.74, 6) is -0.0988. The SMILES string of the molecule is CC(=S)O[C@@]1(C)C(=O)N2[C@@H](c3ccc4c(c3)OCO4)[C@@](C)(C#N)C[C@]2(OC(C)=S)C(=O)N1C. The van der Waals surface area contributed by atoms with Crippen molar-refractivity contribution in [2.75, 3.05) is 13.8 Å². The maximum absolute atomic E-state index is 14.1. The summed E-state index contributed by atoms with van der Waals surface area (Å²) in [6, 6.07) is 6.60. The van der Waals surface area contributed by atoms with Crippen molar-refractivity contribution < 1.29 is 28.5 Å². The van der Waals surface area contributed by atoms with Crippen LogP contribution in [0.2, 0.25) is 0 Å². The van der Waals surface area contributed by atoms with Gasteiger partial charge in [-0.15, -0.1) is 0 Å². The van der Waals surface area contributed by atoms with Gasteiger partial charge in [-0.3, -0.25) is 19.4 Å². The summed E-state index contributed by atoms with van der Waals surface area (Å²) < 4.78 is 22.6. The Balaban J connectivity index is 1.96. The molecule has 0 unspecified atom stereocenters. The Morgan fingerprint density at radius 2 is 1.76 bits per heavy atom. The Morgan fingerprint density at radius 3 is 2.36 bits per heavy atom. The van der Waals surface area contributed by atoms with Crippen LogP contribution in [0.4, 0.5) is 0 Å². The molecule has 0 radical (unpaired) electrons. The average Bonchev–Trinajstić information content (AvgIpc) is 3.30. The topological polar surface area (TPSA) is 101 Å². The van der Waals surface area contributed by atoms with Crippen LogP contribution < -0.4 is 9.47 Å². The number of hydrogen-bond donors (Lipinski definition) is 0. The van der Waals surface area contributed by atoms with E-state index >= 15 is 0 Å². The minimum Gasteiger partial charge on any atom is -0.454 e. The van der Waals surface area contributed by atoms with Crippen LogP contribution in [0.3, 0.4) is 0 Å². The van der Waals surface area contributed by atoms with Gasteiger partial charge in [-0.1, -0.05) is 6.07 Å². The second-order valence-corrected chi connectivity index (χ2v) is 9.86. The van der Waals surface area contributed by atoms with Crippen LogP contribution >= 0.6 is 24.4 Å². The highest BCUT2D eigenvalue weighted by Gasteiger charge is 2.73. The van der Waals surface area contributed by atoms with E-state index in [-0.39, 0.29) is 23.3 Å². The van der Waals surface area contributed by atoms with Crippen LogP contribution in [0.1, 0.15) is 45.7 Å². The van der Waals surface area contributed by atoms with Crippen LogP contribution in [-0.2, 0) is 19.1 Å². The first-order valence-corrected chi connectivity index (χ1v) is 11.0. The minimum absolute atomic E-state index is 0.0664. The van der Waals surface area contributed by atoms with Crippen molar-refractivity contribution in [2.45, 2.75) is 51.6 Å². The fraction of sp³-hybridized carbons (Fsp3) is 0.500. The van der Waals surface area contributed by atoms with Crippen LogP contribution in [0, 0.1) is 16.7 Å². The molecule has 1 aromatic rings. The molecule has 9 nitrogen and oxygen atoms in total. The molecule has 0 saturated carbocycles. The number of hydrogen-bond acceptors (Lipinski definition) is 9. The Morgan fingerprint density at radius 1 is 1.12 bits per heavy atom. The van der Waals surface area contributed by atoms with Crippen molar-refractivity contribution in [3.63, 3.8) is 0 Å². The van der Waals surface area contributed by atoms with Crippen LogP contribution in [0.15, 0.2) is 18.2 Å². The van der Waals surface area contributed by atoms with Gasteiger partial charge >= 0.3 is 0 Å². The zero-order valence-corrected chi connectivity index (χ0v) is 20.5. The molecule has 33 heavy (non-hydrogen) atoms. The highest BCUT2D eigenvalue weighted by atomic mass is 32.1. The van der Waals surface area contributed by atoms with Gasteiger partial charge in [0.25, 0.3) is 23.3 Å². The minimum atomic E-state index is -1.82. The second-order valence-electron chi connectivity index (χ2n) is 8.72. The Labute approximate surface area is 202 Å². The standard InChI is InChI=1S/C22H23N3O6S2/c1-12(32)30-21(4)18(26)25-17(14-6-7-15-16(8-14)29-11-28-15)20(3,10-23)9-22(25,31-13(2)33)19(27)24(21)5/h6-8,17H,9,11H2,1-5H3/t17-,20+,21-,22-/m0/s1. The molecule has 11 heteroatoms. The number of carbonyl (C=O) groups is 2. The summed E-state index contributed by atoms with van der Waals surface area (Å²) in [5.41, 5.74) is -4.17. The zero-order valence-electron chi connectivity index (χ0n) is 18.8. The van der Waals surface area contributed by atoms with Gasteiger partial charge < -0.3 is 18.9 Å². The number of likely N-dealkylation sites (N-methyl/N-ethyl adjacent to an activating group) is 1. The third kappa shape index (κ3) is 3.23. The molecule has 3 aliphatic heterocycles. The zero-order chi connectivity index (χ0) is 24.3. The van der Waals surface area contributed by atoms with E-state index in [1.165, 1.54) is 37.6 Å². The van der Waals surface area contributed by atoms with Gasteiger partial charge in [0, 0.05) is 34.2 Å². The number of ether oxygens (including phenoxy) is 4. The molecule has 3 heterocycles. The lowest BCUT2D eigenvalue weighted by Gasteiger charge is -2.52. The smallest absolute Gasteiger partial charge is 0.292 e. The van der Waals surface area contributed by atoms with Gasteiger partial charge in [-0.2, -0.15) is 5.26 Å². The summed E-state index contributed by atoms with van der Waals surface area (Å²) in [6.07, 6.45) is -0.0921. The third-order valence-electron chi connectivity index (χ3n) is 6.37. The number of piperazine rings is 1. The first-order valence-electron chi connectivity index (χ1n) is 10.2. The van der Waals surface area contributed by atoms with Crippen molar-refractivity contribution in [3.8, 4) is 17.6 Å². The summed E-state index contributed by atoms with van der Waals surface area (Å²) in [6.45, 7) is 6.26. The number of nitrogens with zero attached hydrogens (tertiary/aromatic N) is 3. The van der Waals surface area contributed by atoms with Crippen molar-refractivity contribution >= 4 is 46.4 Å². The van der Waals surface area contributed by atoms with E-state index < -0.39 is 34.7 Å². The van der Waals surface area contributed by atoms with E-state index in [0.29, 0.717) is 17.1 Å². The van der Waals surface area contributed by atoms with Crippen LogP contribution in [0.25, 0.3) is 0 Å². The molecule has 174 valence electrons. The number of carbonyl (C=O) groups excluding carboxylic acids is 2. The van der Waals surface area contributed by atoms with Crippen molar-refractivity contribution in [3.05, 3.63) is 23.8 Å². The largest absolute Gasteiger partial charge is 0.454 e. The predicted octanol–water partition coefficient (Wildman–Crippen LogP) is 2.83. The molecule has 0 aliphatic carbocycles. The molecular formula is C22H23N3O6S2. The van der Waals surface area contributed by atoms with Gasteiger partial charge in [-0.25, -0.2) is 0 Å². The number of rotatable bonds is 3. The summed E-state index contributed by atoms with van der Waals surface area (Å²) >= 11 is 10.3. The highest BCUT2D eigenvalue weighted by Crippen LogP contribution is 2.58. The number of amides is 2. The molecule has 2 amide bonds. The van der Waals surface area contributed by atoms with E-state index in [2.05, 4.69) is 6.07 Å². The quantitative estimate of drug-likeness (QED) is 0.593. The van der Waals surface area contributed by atoms with E-state index in [4.69, 9.17) is 43.4 Å². The Hall–Kier alpha value is -2.97. The van der Waals surface area contributed by atoms with Gasteiger partial charge in [0.15, 0.2) is 21.6 Å². The molecule has 3 aliphatic rings. The Bertz CT molecular complexity index is 1140. The summed E-state index contributed by atoms with van der Waals surface area (Å²) in [5, 5.41) is 10.4. The van der Waals surface area contributed by atoms with Gasteiger partial charge in [0.05, 0.1) is 17.5 Å². The predicted molar refractivity (Wildman–Crippen MR) is 123 cm³/mol. The molecule has 0 aromatic heterocycles. The molecule has 2 saturated heterocycles. The Kier molecular flexibility index (Phi) is 5.29. The van der Waals surface area contributed by atoms with Crippen molar-refractivity contribution in [1.82, 2.24) is 9.80 Å². The van der Waals surface area contributed by atoms with Gasteiger partial charge in [0.2, 0.25) is 6.79 Å². The number of fused-ring (bicyclic) bond motifs is 2. The van der Waals surface area contributed by atoms with Crippen molar-refractivity contribution in [2.24, 2.45) is 5.41 Å². The maximum atomic E-state index is 14.1. The second kappa shape index (κ2) is 7.53. The van der Waals surface area contributed by atoms with Gasteiger partial charge in [-0.05, 0) is 49.1 Å².